The maximum Gasteiger partial charge on any atom is 0.309 e. The Morgan fingerprint density at radius 3 is 2.67 bits per heavy atom. The predicted molar refractivity (Wildman–Crippen MR) is 52.5 cm³/mol. The van der Waals surface area contributed by atoms with E-state index in [0.717, 1.165) is 0 Å². The van der Waals surface area contributed by atoms with Gasteiger partial charge in [-0.25, -0.2) is 4.39 Å². The van der Waals surface area contributed by atoms with Gasteiger partial charge in [0.15, 0.2) is 0 Å². The molecule has 1 aromatic rings. The molecule has 0 saturated carbocycles. The van der Waals surface area contributed by atoms with Crippen molar-refractivity contribution < 1.29 is 14.0 Å². The molecule has 0 aliphatic heterocycles. The van der Waals surface area contributed by atoms with Crippen molar-refractivity contribution in [1.29, 1.82) is 0 Å². The van der Waals surface area contributed by atoms with Crippen molar-refractivity contribution in [3.8, 4) is 0 Å². The molecule has 0 aromatic heterocycles. The maximum absolute atomic E-state index is 12.7. The molecule has 0 aliphatic carbocycles. The second-order valence-corrected chi connectivity index (χ2v) is 3.20. The molecule has 0 heterocycles. The van der Waals surface area contributed by atoms with Gasteiger partial charge in [-0.05, 0) is 17.7 Å². The lowest BCUT2D eigenvalue weighted by Crippen LogP contribution is -2.35. The molecular weight excluding hydrogens is 223 g/mol. The summed E-state index contributed by atoms with van der Waals surface area (Å²) in [5.41, 5.74) is 5.30. The van der Waals surface area contributed by atoms with Crippen LogP contribution in [-0.2, 0) is 16.1 Å². The zero-order chi connectivity index (χ0) is 11.4. The smallest absolute Gasteiger partial charge is 0.309 e. The summed E-state index contributed by atoms with van der Waals surface area (Å²) in [7, 11) is 0. The Hall–Kier alpha value is -1.62. The van der Waals surface area contributed by atoms with E-state index in [4.69, 9.17) is 17.3 Å². The van der Waals surface area contributed by atoms with Crippen molar-refractivity contribution >= 4 is 23.4 Å². The zero-order valence-electron chi connectivity index (χ0n) is 7.59. The van der Waals surface area contributed by atoms with Crippen LogP contribution in [0.2, 0.25) is 5.02 Å². The Bertz CT molecular complexity index is 409. The average Bonchev–Trinajstić information content (AvgIpc) is 2.19. The first-order valence-corrected chi connectivity index (χ1v) is 4.40. The lowest BCUT2D eigenvalue weighted by atomic mass is 10.2. The van der Waals surface area contributed by atoms with Crippen LogP contribution in [0, 0.1) is 5.82 Å². The van der Waals surface area contributed by atoms with Gasteiger partial charge in [0.2, 0.25) is 0 Å². The maximum atomic E-state index is 12.7. The van der Waals surface area contributed by atoms with E-state index in [1.54, 1.807) is 0 Å². The molecule has 0 saturated heterocycles. The van der Waals surface area contributed by atoms with Crippen molar-refractivity contribution in [2.45, 2.75) is 6.54 Å². The van der Waals surface area contributed by atoms with Gasteiger partial charge < -0.3 is 11.1 Å². The van der Waals surface area contributed by atoms with E-state index in [1.807, 2.05) is 0 Å². The minimum absolute atomic E-state index is 0.0409. The van der Waals surface area contributed by atoms with E-state index >= 15 is 0 Å². The highest BCUT2D eigenvalue weighted by Crippen LogP contribution is 2.15. The standard InChI is InChI=1S/C9H8ClFN2O2/c10-6-3-5(1-2-7(6)11)4-13-9(15)8(12)14/h1-3H,4H2,(H2,12,14)(H,13,15). The summed E-state index contributed by atoms with van der Waals surface area (Å²) in [4.78, 5) is 21.1. The molecule has 2 amide bonds. The minimum Gasteiger partial charge on any atom is -0.361 e. The van der Waals surface area contributed by atoms with Crippen LogP contribution >= 0.6 is 11.6 Å². The monoisotopic (exact) mass is 230 g/mol. The van der Waals surface area contributed by atoms with Crippen LogP contribution in [0.1, 0.15) is 5.56 Å². The Balaban J connectivity index is 2.62. The molecule has 0 unspecified atom stereocenters. The molecule has 0 fully saturated rings. The summed E-state index contributed by atoms with van der Waals surface area (Å²) in [6, 6.07) is 3.98. The second-order valence-electron chi connectivity index (χ2n) is 2.80. The number of carbonyl (C=O) groups excluding carboxylic acids is 2. The third-order valence-electron chi connectivity index (χ3n) is 1.66. The van der Waals surface area contributed by atoms with Gasteiger partial charge in [0.05, 0.1) is 5.02 Å². The lowest BCUT2D eigenvalue weighted by molar-refractivity contribution is -0.137. The zero-order valence-corrected chi connectivity index (χ0v) is 8.34. The fraction of sp³-hybridized carbons (Fsp3) is 0.111. The van der Waals surface area contributed by atoms with E-state index in [2.05, 4.69) is 5.32 Å². The molecule has 15 heavy (non-hydrogen) atoms. The number of rotatable bonds is 2. The molecule has 0 bridgehead atoms. The summed E-state index contributed by atoms with van der Waals surface area (Å²) in [5, 5.41) is 2.21. The van der Waals surface area contributed by atoms with Gasteiger partial charge in [-0.15, -0.1) is 0 Å². The molecule has 1 aromatic carbocycles. The molecule has 0 aliphatic rings. The van der Waals surface area contributed by atoms with Crippen molar-refractivity contribution in [2.24, 2.45) is 5.73 Å². The van der Waals surface area contributed by atoms with E-state index < -0.39 is 17.6 Å². The number of primary amides is 1. The third-order valence-corrected chi connectivity index (χ3v) is 1.95. The number of nitrogens with two attached hydrogens (primary N) is 1. The van der Waals surface area contributed by atoms with E-state index in [1.165, 1.54) is 18.2 Å². The molecule has 1 rings (SSSR count). The van der Waals surface area contributed by atoms with Crippen LogP contribution in [0.3, 0.4) is 0 Å². The fourth-order valence-electron chi connectivity index (χ4n) is 0.919. The number of hydrogen-bond donors (Lipinski definition) is 2. The quantitative estimate of drug-likeness (QED) is 0.730. The summed E-state index contributed by atoms with van der Waals surface area (Å²) in [6.45, 7) is 0.0712. The SMILES string of the molecule is NC(=O)C(=O)NCc1ccc(F)c(Cl)c1. The largest absolute Gasteiger partial charge is 0.361 e. The molecule has 0 spiro atoms. The molecular formula is C9H8ClFN2O2. The first-order valence-electron chi connectivity index (χ1n) is 4.02. The van der Waals surface area contributed by atoms with Crippen LogP contribution in [-0.4, -0.2) is 11.8 Å². The highest BCUT2D eigenvalue weighted by Gasteiger charge is 2.08. The fourth-order valence-corrected chi connectivity index (χ4v) is 1.12. The lowest BCUT2D eigenvalue weighted by Gasteiger charge is -2.03. The van der Waals surface area contributed by atoms with Gasteiger partial charge in [-0.1, -0.05) is 17.7 Å². The van der Waals surface area contributed by atoms with E-state index in [0.29, 0.717) is 5.56 Å². The first-order chi connectivity index (χ1) is 7.00. The number of benzene rings is 1. The van der Waals surface area contributed by atoms with Crippen LogP contribution in [0.15, 0.2) is 18.2 Å². The summed E-state index contributed by atoms with van der Waals surface area (Å²) in [6.07, 6.45) is 0. The summed E-state index contributed by atoms with van der Waals surface area (Å²) < 4.78 is 12.7. The second kappa shape index (κ2) is 4.75. The Kier molecular flexibility index (Phi) is 3.62. The highest BCUT2D eigenvalue weighted by molar-refractivity contribution is 6.34. The average molecular weight is 231 g/mol. The predicted octanol–water partition coefficient (Wildman–Crippen LogP) is 0.581. The van der Waals surface area contributed by atoms with E-state index in [9.17, 15) is 14.0 Å². The van der Waals surface area contributed by atoms with Gasteiger partial charge >= 0.3 is 11.8 Å². The first kappa shape index (κ1) is 11.5. The Morgan fingerprint density at radius 1 is 1.47 bits per heavy atom. The van der Waals surface area contributed by atoms with Crippen molar-refractivity contribution in [1.82, 2.24) is 5.32 Å². The minimum atomic E-state index is -1.07. The van der Waals surface area contributed by atoms with Crippen LogP contribution in [0.4, 0.5) is 4.39 Å². The Labute approximate surface area is 90.2 Å². The summed E-state index contributed by atoms with van der Waals surface area (Å²) in [5.74, 6) is -2.50. The topological polar surface area (TPSA) is 72.2 Å². The number of amides is 2. The van der Waals surface area contributed by atoms with Gasteiger partial charge in [-0.2, -0.15) is 0 Å². The van der Waals surface area contributed by atoms with Crippen LogP contribution in [0.5, 0.6) is 0 Å². The van der Waals surface area contributed by atoms with Crippen molar-refractivity contribution in [3.05, 3.63) is 34.6 Å². The van der Waals surface area contributed by atoms with Gasteiger partial charge in [0.25, 0.3) is 0 Å². The normalized spacial score (nSPS) is 9.73. The number of hydrogen-bond acceptors (Lipinski definition) is 2. The summed E-state index contributed by atoms with van der Waals surface area (Å²) >= 11 is 5.51. The molecule has 6 heteroatoms. The van der Waals surface area contributed by atoms with Gasteiger partial charge in [0.1, 0.15) is 5.82 Å². The van der Waals surface area contributed by atoms with E-state index in [-0.39, 0.29) is 11.6 Å². The molecule has 3 N–H and O–H groups in total. The molecule has 80 valence electrons. The third kappa shape index (κ3) is 3.21. The molecule has 0 atom stereocenters. The van der Waals surface area contributed by atoms with Gasteiger partial charge in [0, 0.05) is 6.54 Å². The number of nitrogens with one attached hydrogen (secondary N) is 1. The highest BCUT2D eigenvalue weighted by atomic mass is 35.5. The van der Waals surface area contributed by atoms with Crippen molar-refractivity contribution in [2.75, 3.05) is 0 Å². The molecule has 4 nitrogen and oxygen atoms in total. The van der Waals surface area contributed by atoms with Crippen LogP contribution in [0.25, 0.3) is 0 Å². The molecule has 0 radical (unpaired) electrons. The van der Waals surface area contributed by atoms with Crippen molar-refractivity contribution in [3.63, 3.8) is 0 Å². The number of halogens is 2. The van der Waals surface area contributed by atoms with Crippen LogP contribution < -0.4 is 11.1 Å². The number of carbonyl (C=O) groups is 2. The van der Waals surface area contributed by atoms with Gasteiger partial charge in [-0.3, -0.25) is 9.59 Å². The Morgan fingerprint density at radius 2 is 2.13 bits per heavy atom.